The highest BCUT2D eigenvalue weighted by Gasteiger charge is 2.26. The maximum atomic E-state index is 13.1. The molecule has 2 unspecified atom stereocenters. The van der Waals surface area contributed by atoms with Crippen LogP contribution in [0.2, 0.25) is 0 Å². The van der Waals surface area contributed by atoms with Gasteiger partial charge in [0.15, 0.2) is 5.16 Å². The number of benzene rings is 2. The molecule has 0 fully saturated rings. The zero-order chi connectivity index (χ0) is 26.5. The van der Waals surface area contributed by atoms with Gasteiger partial charge in [0.25, 0.3) is 0 Å². The normalized spacial score (nSPS) is 13.2. The molecule has 0 spiro atoms. The highest BCUT2D eigenvalue weighted by atomic mass is 32.2. The maximum Gasteiger partial charge on any atom is 0.305 e. The Balaban J connectivity index is 1.95. The van der Waals surface area contributed by atoms with Crippen LogP contribution in [0.5, 0.6) is 5.75 Å². The fourth-order valence-electron chi connectivity index (χ4n) is 3.57. The van der Waals surface area contributed by atoms with Gasteiger partial charge in [0, 0.05) is 18.7 Å². The molecule has 3 N–H and O–H groups in total. The summed E-state index contributed by atoms with van der Waals surface area (Å²) in [6, 6.07) is 10.1. The van der Waals surface area contributed by atoms with Crippen LogP contribution in [-0.4, -0.2) is 59.6 Å². The van der Waals surface area contributed by atoms with Crippen molar-refractivity contribution in [2.75, 3.05) is 11.6 Å². The highest BCUT2D eigenvalue weighted by Crippen LogP contribution is 2.30. The van der Waals surface area contributed by atoms with E-state index in [1.54, 1.807) is 6.92 Å². The van der Waals surface area contributed by atoms with E-state index < -0.39 is 34.6 Å². The number of nitrogens with zero attached hydrogens (tertiary/aromatic N) is 2. The van der Waals surface area contributed by atoms with E-state index in [2.05, 4.69) is 15.0 Å². The van der Waals surface area contributed by atoms with Gasteiger partial charge in [0.1, 0.15) is 23.0 Å². The predicted octanol–water partition coefficient (Wildman–Crippen LogP) is 2.50. The third-order valence-electron chi connectivity index (χ3n) is 4.99. The van der Waals surface area contributed by atoms with Crippen LogP contribution in [0, 0.1) is 0 Å². The van der Waals surface area contributed by atoms with Gasteiger partial charge >= 0.3 is 5.97 Å². The molecule has 1 heterocycles. The number of carboxylic acid groups (broad SMARTS) is 1. The zero-order valence-electron chi connectivity index (χ0n) is 19.8. The molecule has 0 aliphatic rings. The number of fused-ring (bicyclic) bond motifs is 1. The Morgan fingerprint density at radius 2 is 1.97 bits per heavy atom. The number of hydrogen-bond donors (Lipinski definition) is 3. The van der Waals surface area contributed by atoms with E-state index in [1.807, 2.05) is 35.1 Å². The number of nitrogens with one attached hydrogen (secondary N) is 2. The molecule has 0 saturated carbocycles. The molecule has 0 saturated heterocycles. The van der Waals surface area contributed by atoms with Crippen molar-refractivity contribution in [1.29, 1.82) is 0 Å². The molecule has 1 aromatic heterocycles. The smallest absolute Gasteiger partial charge is 0.305 e. The summed E-state index contributed by atoms with van der Waals surface area (Å²) in [5.41, 5.74) is 2.01. The van der Waals surface area contributed by atoms with Crippen LogP contribution in [0.3, 0.4) is 0 Å². The van der Waals surface area contributed by atoms with E-state index in [0.717, 1.165) is 16.2 Å². The Morgan fingerprint density at radius 3 is 2.61 bits per heavy atom. The second kappa shape index (κ2) is 11.5. The van der Waals surface area contributed by atoms with Gasteiger partial charge in [-0.05, 0) is 37.4 Å². The summed E-state index contributed by atoms with van der Waals surface area (Å²) < 4.78 is 36.2. The first kappa shape index (κ1) is 27.2. The Bertz CT molecular complexity index is 1390. The predicted molar refractivity (Wildman–Crippen MR) is 135 cm³/mol. The summed E-state index contributed by atoms with van der Waals surface area (Å²) in [7, 11) is -4.35. The minimum atomic E-state index is -4.35. The van der Waals surface area contributed by atoms with E-state index in [1.165, 1.54) is 36.9 Å². The molecule has 13 heteroatoms. The van der Waals surface area contributed by atoms with Crippen molar-refractivity contribution >= 4 is 56.7 Å². The Morgan fingerprint density at radius 1 is 1.25 bits per heavy atom. The monoisotopic (exact) mass is 534 g/mol. The molecule has 0 aliphatic carbocycles. The summed E-state index contributed by atoms with van der Waals surface area (Å²) in [5.74, 6) is -1.77. The second-order valence-corrected chi connectivity index (χ2v) is 10.4. The molecule has 11 nitrogen and oxygen atoms in total. The van der Waals surface area contributed by atoms with Gasteiger partial charge < -0.3 is 24.5 Å². The van der Waals surface area contributed by atoms with Crippen molar-refractivity contribution < 1.29 is 32.6 Å². The Kier molecular flexibility index (Phi) is 8.71. The number of aromatic nitrogens is 2. The summed E-state index contributed by atoms with van der Waals surface area (Å²) in [4.78, 5) is 38.1. The number of anilines is 1. The lowest BCUT2D eigenvalue weighted by Crippen LogP contribution is -2.37. The lowest BCUT2D eigenvalue weighted by atomic mass is 10.2. The number of rotatable bonds is 12. The van der Waals surface area contributed by atoms with Gasteiger partial charge in [-0.15, -0.1) is 0 Å². The first-order chi connectivity index (χ1) is 17.0. The van der Waals surface area contributed by atoms with Crippen molar-refractivity contribution in [2.24, 2.45) is 0 Å². The number of carbonyl (C=O) groups excluding carboxylic acids is 2. The van der Waals surface area contributed by atoms with Gasteiger partial charge in [-0.25, -0.2) is 18.1 Å². The number of carbonyl (C=O) groups is 3. The quantitative estimate of drug-likeness (QED) is 0.235. The molecule has 0 radical (unpaired) electrons. The second-order valence-electron chi connectivity index (χ2n) is 7.93. The van der Waals surface area contributed by atoms with Crippen LogP contribution >= 0.6 is 11.8 Å². The van der Waals surface area contributed by atoms with Crippen LogP contribution < -0.4 is 14.8 Å². The number of thioether (sulfide) groups is 1. The van der Waals surface area contributed by atoms with Gasteiger partial charge in [0.2, 0.25) is 15.9 Å². The van der Waals surface area contributed by atoms with Crippen LogP contribution in [0.15, 0.2) is 52.5 Å². The number of hydrogen-bond acceptors (Lipinski definition) is 8. The summed E-state index contributed by atoms with van der Waals surface area (Å²) in [5, 5.41) is 12.3. The number of para-hydroxylation sites is 2. The first-order valence-corrected chi connectivity index (χ1v) is 13.5. The van der Waals surface area contributed by atoms with Crippen molar-refractivity contribution in [3.8, 4) is 5.75 Å². The van der Waals surface area contributed by atoms with Crippen molar-refractivity contribution in [2.45, 2.75) is 49.0 Å². The summed E-state index contributed by atoms with van der Waals surface area (Å²) in [6.07, 6.45) is 0.853. The van der Waals surface area contributed by atoms with Crippen LogP contribution in [0.25, 0.3) is 11.0 Å². The topological polar surface area (TPSA) is 157 Å². The molecule has 2 aromatic carbocycles. The average molecular weight is 535 g/mol. The minimum Gasteiger partial charge on any atom is -0.487 e. The molecule has 0 aliphatic heterocycles. The van der Waals surface area contributed by atoms with Crippen LogP contribution in [-0.2, 0) is 31.0 Å². The fraction of sp³-hybridized carbons (Fsp3) is 0.304. The van der Waals surface area contributed by atoms with E-state index in [-0.39, 0.29) is 22.8 Å². The average Bonchev–Trinajstić information content (AvgIpc) is 3.15. The summed E-state index contributed by atoms with van der Waals surface area (Å²) >= 11 is 1.46. The number of sulfonamides is 1. The van der Waals surface area contributed by atoms with Gasteiger partial charge in [0.05, 0.1) is 30.0 Å². The maximum absolute atomic E-state index is 13.1. The number of aldehydes is 1. The summed E-state index contributed by atoms with van der Waals surface area (Å²) in [6.45, 7) is 3.40. The van der Waals surface area contributed by atoms with E-state index in [4.69, 9.17) is 9.84 Å². The number of ether oxygens (including phenoxy) is 1. The molecule has 36 heavy (non-hydrogen) atoms. The van der Waals surface area contributed by atoms with E-state index in [9.17, 15) is 22.8 Å². The number of imidazole rings is 1. The van der Waals surface area contributed by atoms with Gasteiger partial charge in [-0.3, -0.25) is 9.59 Å². The lowest BCUT2D eigenvalue weighted by Gasteiger charge is -2.21. The van der Waals surface area contributed by atoms with Crippen LogP contribution in [0.4, 0.5) is 5.69 Å². The van der Waals surface area contributed by atoms with Crippen molar-refractivity contribution in [1.82, 2.24) is 14.3 Å². The van der Waals surface area contributed by atoms with Crippen molar-refractivity contribution in [3.05, 3.63) is 42.5 Å². The molecular formula is C23H26N4O7S2. The zero-order valence-corrected chi connectivity index (χ0v) is 21.4. The standard InChI is InChI=1S/C23H26N4O7S2/c1-14(12-27-19-7-5-4-6-18(19)25-23(27)35-3)34-20-10-16(24-15(2)29)8-9-21(20)36(32,33)26-17(13-28)11-22(30)31/h4-10,13-14,17,26H,11-12H2,1-3H3,(H,24,29)(H,30,31). The number of carboxylic acids is 1. The SMILES string of the molecule is CSc1nc2ccccc2n1CC(C)Oc1cc(NC(C)=O)ccc1S(=O)(=O)NC(C=O)CC(=O)O. The highest BCUT2D eigenvalue weighted by molar-refractivity contribution is 7.98. The van der Waals surface area contributed by atoms with Gasteiger partial charge in [-0.1, -0.05) is 23.9 Å². The molecule has 1 amide bonds. The number of amides is 1. The molecular weight excluding hydrogens is 508 g/mol. The first-order valence-electron chi connectivity index (χ1n) is 10.8. The van der Waals surface area contributed by atoms with Crippen LogP contribution in [0.1, 0.15) is 20.3 Å². The molecule has 2 atom stereocenters. The Labute approximate surface area is 212 Å². The molecule has 3 aromatic rings. The molecule has 192 valence electrons. The molecule has 3 rings (SSSR count). The van der Waals surface area contributed by atoms with Crippen molar-refractivity contribution in [3.63, 3.8) is 0 Å². The van der Waals surface area contributed by atoms with E-state index in [0.29, 0.717) is 12.2 Å². The minimum absolute atomic E-state index is 0.0728. The lowest BCUT2D eigenvalue weighted by molar-refractivity contribution is -0.138. The third-order valence-corrected chi connectivity index (χ3v) is 7.20. The van der Waals surface area contributed by atoms with Gasteiger partial charge in [-0.2, -0.15) is 0 Å². The molecule has 0 bridgehead atoms. The largest absolute Gasteiger partial charge is 0.487 e. The number of aliphatic carboxylic acids is 1. The Hall–Kier alpha value is -3.42. The fourth-order valence-corrected chi connectivity index (χ4v) is 5.43. The third kappa shape index (κ3) is 6.62. The van der Waals surface area contributed by atoms with E-state index >= 15 is 0 Å².